The van der Waals surface area contributed by atoms with Crippen LogP contribution in [0.3, 0.4) is 0 Å². The molecular formula is C18H15ClN2O3. The van der Waals surface area contributed by atoms with Gasteiger partial charge in [0, 0.05) is 17.4 Å². The molecule has 2 aromatic carbocycles. The highest BCUT2D eigenvalue weighted by Gasteiger charge is 2.15. The highest BCUT2D eigenvalue weighted by Crippen LogP contribution is 2.28. The van der Waals surface area contributed by atoms with E-state index in [1.54, 1.807) is 16.9 Å². The van der Waals surface area contributed by atoms with E-state index in [1.165, 1.54) is 13.2 Å². The van der Waals surface area contributed by atoms with Crippen molar-refractivity contribution in [3.8, 4) is 11.4 Å². The van der Waals surface area contributed by atoms with Gasteiger partial charge in [-0.05, 0) is 47.9 Å². The van der Waals surface area contributed by atoms with E-state index in [4.69, 9.17) is 11.6 Å². The Bertz CT molecular complexity index is 859. The number of rotatable bonds is 4. The lowest BCUT2D eigenvalue weighted by Crippen LogP contribution is -2.03. The van der Waals surface area contributed by atoms with E-state index in [2.05, 4.69) is 9.84 Å². The first kappa shape index (κ1) is 16.1. The molecule has 0 unspecified atom stereocenters. The largest absolute Gasteiger partial charge is 0.507 e. The summed E-state index contributed by atoms with van der Waals surface area (Å²) in [5.41, 5.74) is 2.82. The van der Waals surface area contributed by atoms with E-state index >= 15 is 0 Å². The summed E-state index contributed by atoms with van der Waals surface area (Å²) in [6, 6.07) is 12.6. The van der Waals surface area contributed by atoms with E-state index in [0.29, 0.717) is 11.4 Å². The smallest absolute Gasteiger partial charge is 0.341 e. The van der Waals surface area contributed by atoms with Crippen molar-refractivity contribution in [2.45, 2.75) is 6.42 Å². The van der Waals surface area contributed by atoms with Crippen LogP contribution in [-0.2, 0) is 11.2 Å². The second-order valence-electron chi connectivity index (χ2n) is 5.25. The van der Waals surface area contributed by atoms with Crippen LogP contribution in [0.2, 0.25) is 5.02 Å². The number of methoxy groups -OCH3 is 1. The zero-order chi connectivity index (χ0) is 17.1. The number of carbonyl (C=O) groups is 1. The third-order valence-electron chi connectivity index (χ3n) is 3.67. The van der Waals surface area contributed by atoms with Crippen LogP contribution in [-0.4, -0.2) is 28.0 Å². The molecule has 0 amide bonds. The van der Waals surface area contributed by atoms with Crippen LogP contribution < -0.4 is 0 Å². The van der Waals surface area contributed by atoms with Gasteiger partial charge >= 0.3 is 5.97 Å². The minimum atomic E-state index is -0.598. The Morgan fingerprint density at radius 2 is 2.04 bits per heavy atom. The fraction of sp³-hybridized carbons (Fsp3) is 0.111. The molecule has 0 spiro atoms. The number of carbonyl (C=O) groups excluding carboxylic acids is 1. The Hall–Kier alpha value is -2.79. The van der Waals surface area contributed by atoms with Crippen LogP contribution in [0, 0.1) is 0 Å². The summed E-state index contributed by atoms with van der Waals surface area (Å²) in [6.45, 7) is 0. The number of hydrogen-bond acceptors (Lipinski definition) is 4. The number of phenolic OH excluding ortho intramolecular Hbond substituents is 1. The topological polar surface area (TPSA) is 64.4 Å². The van der Waals surface area contributed by atoms with Crippen LogP contribution >= 0.6 is 11.6 Å². The Kier molecular flexibility index (Phi) is 4.53. The van der Waals surface area contributed by atoms with Gasteiger partial charge in [-0.25, -0.2) is 9.48 Å². The number of aromatic nitrogens is 2. The van der Waals surface area contributed by atoms with Gasteiger partial charge in [0.15, 0.2) is 0 Å². The zero-order valence-corrected chi connectivity index (χ0v) is 13.7. The second-order valence-corrected chi connectivity index (χ2v) is 5.65. The molecule has 1 aromatic heterocycles. The van der Waals surface area contributed by atoms with Gasteiger partial charge in [0.1, 0.15) is 11.3 Å². The molecule has 0 aliphatic heterocycles. The van der Waals surface area contributed by atoms with E-state index in [1.807, 2.05) is 36.5 Å². The van der Waals surface area contributed by atoms with Gasteiger partial charge in [0.05, 0.1) is 12.8 Å². The summed E-state index contributed by atoms with van der Waals surface area (Å²) < 4.78 is 6.44. The van der Waals surface area contributed by atoms with E-state index < -0.39 is 5.97 Å². The third kappa shape index (κ3) is 3.26. The number of halogens is 1. The molecule has 3 aromatic rings. The molecule has 1 N–H and O–H groups in total. The minimum Gasteiger partial charge on any atom is -0.507 e. The average Bonchev–Trinajstić information content (AvgIpc) is 3.12. The number of hydrogen-bond donors (Lipinski definition) is 1. The summed E-state index contributed by atoms with van der Waals surface area (Å²) in [6.07, 6.45) is 4.12. The van der Waals surface area contributed by atoms with Crippen molar-refractivity contribution in [2.75, 3.05) is 7.11 Å². The predicted octanol–water partition coefficient (Wildman–Crippen LogP) is 3.61. The molecule has 6 heteroatoms. The SMILES string of the molecule is COC(=O)c1cc(Cc2ccc(-n3cccn3)cc2)c(Cl)cc1O. The summed E-state index contributed by atoms with van der Waals surface area (Å²) in [4.78, 5) is 11.7. The van der Waals surface area contributed by atoms with Gasteiger partial charge in [-0.2, -0.15) is 5.10 Å². The lowest BCUT2D eigenvalue weighted by molar-refractivity contribution is 0.0597. The number of esters is 1. The summed E-state index contributed by atoms with van der Waals surface area (Å²) in [5, 5.41) is 14.4. The Balaban J connectivity index is 1.87. The van der Waals surface area contributed by atoms with E-state index in [-0.39, 0.29) is 11.3 Å². The monoisotopic (exact) mass is 342 g/mol. The zero-order valence-electron chi connectivity index (χ0n) is 12.9. The number of nitrogens with zero attached hydrogens (tertiary/aromatic N) is 2. The first-order valence-corrected chi connectivity index (χ1v) is 7.65. The molecule has 0 fully saturated rings. The maximum absolute atomic E-state index is 11.7. The van der Waals surface area contributed by atoms with Gasteiger partial charge in [0.2, 0.25) is 0 Å². The standard InChI is InChI=1S/C18H15ClN2O3/c1-24-18(23)15-10-13(16(19)11-17(15)22)9-12-3-5-14(6-4-12)21-8-2-7-20-21/h2-8,10-11,22H,9H2,1H3. The fourth-order valence-corrected chi connectivity index (χ4v) is 2.65. The van der Waals surface area contributed by atoms with Crippen LogP contribution in [0.1, 0.15) is 21.5 Å². The molecule has 122 valence electrons. The molecule has 3 rings (SSSR count). The van der Waals surface area contributed by atoms with E-state index in [9.17, 15) is 9.90 Å². The molecular weight excluding hydrogens is 328 g/mol. The maximum Gasteiger partial charge on any atom is 0.341 e. The summed E-state index contributed by atoms with van der Waals surface area (Å²) in [7, 11) is 1.27. The first-order chi connectivity index (χ1) is 11.6. The van der Waals surface area contributed by atoms with Crippen molar-refractivity contribution in [1.29, 1.82) is 0 Å². The van der Waals surface area contributed by atoms with Crippen molar-refractivity contribution in [1.82, 2.24) is 9.78 Å². The molecule has 0 saturated heterocycles. The van der Waals surface area contributed by atoms with Gasteiger partial charge in [0.25, 0.3) is 0 Å². The van der Waals surface area contributed by atoms with Crippen molar-refractivity contribution >= 4 is 17.6 Å². The van der Waals surface area contributed by atoms with Crippen LogP contribution in [0.25, 0.3) is 5.69 Å². The first-order valence-electron chi connectivity index (χ1n) is 7.27. The van der Waals surface area contributed by atoms with Gasteiger partial charge in [-0.1, -0.05) is 23.7 Å². The lowest BCUT2D eigenvalue weighted by Gasteiger charge is -2.10. The maximum atomic E-state index is 11.7. The highest BCUT2D eigenvalue weighted by atomic mass is 35.5. The molecule has 0 aliphatic carbocycles. The quantitative estimate of drug-likeness (QED) is 0.736. The van der Waals surface area contributed by atoms with Crippen molar-refractivity contribution in [3.63, 3.8) is 0 Å². The normalized spacial score (nSPS) is 10.6. The van der Waals surface area contributed by atoms with E-state index in [0.717, 1.165) is 16.8 Å². The number of ether oxygens (including phenoxy) is 1. The lowest BCUT2D eigenvalue weighted by atomic mass is 10.0. The fourth-order valence-electron chi connectivity index (χ4n) is 2.42. The number of aromatic hydroxyl groups is 1. The summed E-state index contributed by atoms with van der Waals surface area (Å²) >= 11 is 6.19. The summed E-state index contributed by atoms with van der Waals surface area (Å²) in [5.74, 6) is -0.788. The van der Waals surface area contributed by atoms with Gasteiger partial charge in [-0.15, -0.1) is 0 Å². The van der Waals surface area contributed by atoms with Crippen molar-refractivity contribution in [3.05, 3.63) is 76.6 Å². The molecule has 5 nitrogen and oxygen atoms in total. The second kappa shape index (κ2) is 6.76. The van der Waals surface area contributed by atoms with Gasteiger partial charge in [-0.3, -0.25) is 0 Å². The Morgan fingerprint density at radius 3 is 2.67 bits per heavy atom. The molecule has 24 heavy (non-hydrogen) atoms. The molecule has 0 atom stereocenters. The van der Waals surface area contributed by atoms with Crippen LogP contribution in [0.5, 0.6) is 5.75 Å². The molecule has 0 radical (unpaired) electrons. The minimum absolute atomic E-state index is 0.102. The third-order valence-corrected chi connectivity index (χ3v) is 4.02. The molecule has 0 bridgehead atoms. The molecule has 1 heterocycles. The highest BCUT2D eigenvalue weighted by molar-refractivity contribution is 6.31. The number of benzene rings is 2. The number of phenols is 1. The molecule has 0 saturated carbocycles. The Labute approximate surface area is 144 Å². The van der Waals surface area contributed by atoms with Crippen LogP contribution in [0.4, 0.5) is 0 Å². The van der Waals surface area contributed by atoms with Crippen LogP contribution in [0.15, 0.2) is 54.9 Å². The predicted molar refractivity (Wildman–Crippen MR) is 90.8 cm³/mol. The average molecular weight is 343 g/mol. The van der Waals surface area contributed by atoms with Crippen molar-refractivity contribution in [2.24, 2.45) is 0 Å². The van der Waals surface area contributed by atoms with Crippen molar-refractivity contribution < 1.29 is 14.6 Å². The Morgan fingerprint density at radius 1 is 1.29 bits per heavy atom. The van der Waals surface area contributed by atoms with Gasteiger partial charge < -0.3 is 9.84 Å². The molecule has 0 aliphatic rings.